The third-order valence-electron chi connectivity index (χ3n) is 4.58. The minimum Gasteiger partial charge on any atom is -0.312 e. The summed E-state index contributed by atoms with van der Waals surface area (Å²) in [5, 5.41) is 0. The zero-order chi connectivity index (χ0) is 14.1. The monoisotopic (exact) mass is 271 g/mol. The molecule has 106 valence electrons. The summed E-state index contributed by atoms with van der Waals surface area (Å²) in [6.45, 7) is 2.41. The molecule has 0 aromatic heterocycles. The van der Waals surface area contributed by atoms with Crippen LogP contribution in [0.5, 0.6) is 0 Å². The van der Waals surface area contributed by atoms with Crippen LogP contribution >= 0.6 is 0 Å². The van der Waals surface area contributed by atoms with Gasteiger partial charge in [-0.15, -0.1) is 0 Å². The molecule has 1 saturated carbocycles. The summed E-state index contributed by atoms with van der Waals surface area (Å²) < 4.78 is 0. The quantitative estimate of drug-likeness (QED) is 0.773. The second-order valence-electron chi connectivity index (χ2n) is 5.97. The molecular weight excluding hydrogens is 250 g/mol. The molecular formula is C17H21NO2. The van der Waals surface area contributed by atoms with Gasteiger partial charge in [-0.2, -0.15) is 0 Å². The molecule has 0 radical (unpaired) electrons. The number of benzene rings is 1. The maximum atomic E-state index is 12.6. The van der Waals surface area contributed by atoms with E-state index in [1.54, 1.807) is 6.92 Å². The predicted molar refractivity (Wildman–Crippen MR) is 79.1 cm³/mol. The van der Waals surface area contributed by atoms with E-state index in [9.17, 15) is 9.59 Å². The first-order valence-electron chi connectivity index (χ1n) is 7.62. The number of nitrogens with zero attached hydrogens (tertiary/aromatic N) is 1. The van der Waals surface area contributed by atoms with Crippen molar-refractivity contribution in [2.45, 2.75) is 45.4 Å². The Balaban J connectivity index is 1.89. The highest BCUT2D eigenvalue weighted by Crippen LogP contribution is 2.33. The summed E-state index contributed by atoms with van der Waals surface area (Å²) in [6, 6.07) is 5.77. The molecule has 1 aliphatic heterocycles. The minimum absolute atomic E-state index is 0.0899. The average Bonchev–Trinajstić information content (AvgIpc) is 2.99. The molecule has 0 bridgehead atoms. The fourth-order valence-electron chi connectivity index (χ4n) is 3.44. The Hall–Kier alpha value is -1.64. The lowest BCUT2D eigenvalue weighted by atomic mass is 9.96. The Labute approximate surface area is 120 Å². The normalized spacial score (nSPS) is 18.9. The van der Waals surface area contributed by atoms with Gasteiger partial charge in [0.2, 0.25) is 5.91 Å². The van der Waals surface area contributed by atoms with E-state index in [-0.39, 0.29) is 11.7 Å². The van der Waals surface area contributed by atoms with Crippen molar-refractivity contribution in [3.8, 4) is 0 Å². The highest BCUT2D eigenvalue weighted by Gasteiger charge is 2.30. The molecule has 0 atom stereocenters. The van der Waals surface area contributed by atoms with Gasteiger partial charge < -0.3 is 4.90 Å². The summed E-state index contributed by atoms with van der Waals surface area (Å²) in [5.41, 5.74) is 2.92. The number of aryl methyl sites for hydroxylation is 1. The molecule has 1 heterocycles. The van der Waals surface area contributed by atoms with Crippen molar-refractivity contribution < 1.29 is 9.59 Å². The number of fused-ring (bicyclic) bond motifs is 1. The number of carbonyl (C=O) groups is 2. The van der Waals surface area contributed by atoms with Crippen LogP contribution in [0.3, 0.4) is 0 Å². The van der Waals surface area contributed by atoms with Gasteiger partial charge in [-0.25, -0.2) is 0 Å². The van der Waals surface area contributed by atoms with Gasteiger partial charge in [-0.3, -0.25) is 9.59 Å². The van der Waals surface area contributed by atoms with Crippen molar-refractivity contribution in [3.05, 3.63) is 29.3 Å². The molecule has 1 aromatic carbocycles. The Bertz CT molecular complexity index is 544. The highest BCUT2D eigenvalue weighted by atomic mass is 16.2. The van der Waals surface area contributed by atoms with E-state index in [0.717, 1.165) is 49.0 Å². The lowest BCUT2D eigenvalue weighted by molar-refractivity contribution is -0.122. The predicted octanol–water partition coefficient (Wildman–Crippen LogP) is 3.36. The largest absolute Gasteiger partial charge is 0.312 e. The van der Waals surface area contributed by atoms with Crippen molar-refractivity contribution in [1.29, 1.82) is 0 Å². The topological polar surface area (TPSA) is 37.4 Å². The van der Waals surface area contributed by atoms with Crippen LogP contribution in [0.25, 0.3) is 0 Å². The molecule has 1 aliphatic carbocycles. The molecule has 1 amide bonds. The number of amides is 1. The lowest BCUT2D eigenvalue weighted by Gasteiger charge is -2.31. The molecule has 3 nitrogen and oxygen atoms in total. The smallest absolute Gasteiger partial charge is 0.230 e. The van der Waals surface area contributed by atoms with Gasteiger partial charge in [0.15, 0.2) is 5.78 Å². The minimum atomic E-state index is 0.0899. The van der Waals surface area contributed by atoms with Gasteiger partial charge in [0.05, 0.1) is 0 Å². The van der Waals surface area contributed by atoms with Crippen molar-refractivity contribution in [1.82, 2.24) is 0 Å². The van der Waals surface area contributed by atoms with Gasteiger partial charge in [0.1, 0.15) is 0 Å². The fraction of sp³-hybridized carbons (Fsp3) is 0.529. The standard InChI is InChI=1S/C17H21NO2/c1-12(19)14-8-9-16-15(11-14)7-4-10-18(16)17(20)13-5-2-3-6-13/h8-9,11,13H,2-7,10H2,1H3. The summed E-state index contributed by atoms with van der Waals surface area (Å²) in [5.74, 6) is 0.597. The van der Waals surface area contributed by atoms with E-state index in [1.165, 1.54) is 12.8 Å². The second kappa shape index (κ2) is 5.39. The van der Waals surface area contributed by atoms with E-state index >= 15 is 0 Å². The maximum Gasteiger partial charge on any atom is 0.230 e. The Kier molecular flexibility index (Phi) is 3.60. The Morgan fingerprint density at radius 2 is 1.90 bits per heavy atom. The summed E-state index contributed by atoms with van der Waals surface area (Å²) in [6.07, 6.45) is 6.39. The van der Waals surface area contributed by atoms with E-state index in [4.69, 9.17) is 0 Å². The zero-order valence-corrected chi connectivity index (χ0v) is 12.0. The van der Waals surface area contributed by atoms with Gasteiger partial charge in [0.25, 0.3) is 0 Å². The van der Waals surface area contributed by atoms with Crippen LogP contribution in [0.4, 0.5) is 5.69 Å². The van der Waals surface area contributed by atoms with Crippen LogP contribution in [0.15, 0.2) is 18.2 Å². The summed E-state index contributed by atoms with van der Waals surface area (Å²) in [4.78, 5) is 26.1. The van der Waals surface area contributed by atoms with Crippen LogP contribution < -0.4 is 4.90 Å². The molecule has 1 fully saturated rings. The molecule has 3 heteroatoms. The molecule has 0 N–H and O–H groups in total. The van der Waals surface area contributed by atoms with Crippen LogP contribution in [-0.2, 0) is 11.2 Å². The third kappa shape index (κ3) is 2.37. The third-order valence-corrected chi connectivity index (χ3v) is 4.58. The van der Waals surface area contributed by atoms with Crippen LogP contribution in [0, 0.1) is 5.92 Å². The van der Waals surface area contributed by atoms with Gasteiger partial charge in [-0.1, -0.05) is 12.8 Å². The van der Waals surface area contributed by atoms with E-state index < -0.39 is 0 Å². The highest BCUT2D eigenvalue weighted by molar-refractivity contribution is 5.98. The molecule has 0 unspecified atom stereocenters. The van der Waals surface area contributed by atoms with E-state index in [2.05, 4.69) is 0 Å². The number of carbonyl (C=O) groups excluding carboxylic acids is 2. The molecule has 0 spiro atoms. The number of Topliss-reactive ketones (excluding diaryl/α,β-unsaturated/α-hetero) is 1. The first kappa shape index (κ1) is 13.3. The number of ketones is 1. The van der Waals surface area contributed by atoms with Gasteiger partial charge >= 0.3 is 0 Å². The number of rotatable bonds is 2. The number of anilines is 1. The second-order valence-corrected chi connectivity index (χ2v) is 5.97. The summed E-state index contributed by atoms with van der Waals surface area (Å²) in [7, 11) is 0. The Morgan fingerprint density at radius 3 is 2.60 bits per heavy atom. The Morgan fingerprint density at radius 1 is 1.15 bits per heavy atom. The maximum absolute atomic E-state index is 12.6. The summed E-state index contributed by atoms with van der Waals surface area (Å²) >= 11 is 0. The zero-order valence-electron chi connectivity index (χ0n) is 12.0. The fourth-order valence-corrected chi connectivity index (χ4v) is 3.44. The van der Waals surface area contributed by atoms with Crippen molar-refractivity contribution >= 4 is 17.4 Å². The van der Waals surface area contributed by atoms with Gasteiger partial charge in [0, 0.05) is 23.7 Å². The van der Waals surface area contributed by atoms with E-state index in [1.807, 2.05) is 23.1 Å². The molecule has 2 aliphatic rings. The van der Waals surface area contributed by atoms with Crippen molar-refractivity contribution in [2.24, 2.45) is 5.92 Å². The average molecular weight is 271 g/mol. The first-order chi connectivity index (χ1) is 9.66. The van der Waals surface area contributed by atoms with Crippen LogP contribution in [0.2, 0.25) is 0 Å². The molecule has 1 aromatic rings. The first-order valence-corrected chi connectivity index (χ1v) is 7.62. The SMILES string of the molecule is CC(=O)c1ccc2c(c1)CCCN2C(=O)C1CCCC1. The molecule has 0 saturated heterocycles. The number of hydrogen-bond acceptors (Lipinski definition) is 2. The molecule has 3 rings (SSSR count). The number of hydrogen-bond donors (Lipinski definition) is 0. The van der Waals surface area contributed by atoms with Crippen LogP contribution in [-0.4, -0.2) is 18.2 Å². The lowest BCUT2D eigenvalue weighted by Crippen LogP contribution is -2.39. The van der Waals surface area contributed by atoms with Crippen LogP contribution in [0.1, 0.15) is 54.9 Å². The van der Waals surface area contributed by atoms with E-state index in [0.29, 0.717) is 5.91 Å². The molecule has 20 heavy (non-hydrogen) atoms. The van der Waals surface area contributed by atoms with Crippen molar-refractivity contribution in [2.75, 3.05) is 11.4 Å². The van der Waals surface area contributed by atoms with Gasteiger partial charge in [-0.05, 0) is 56.4 Å². The van der Waals surface area contributed by atoms with Crippen molar-refractivity contribution in [3.63, 3.8) is 0 Å².